The summed E-state index contributed by atoms with van der Waals surface area (Å²) in [5.74, 6) is 1.74. The van der Waals surface area contributed by atoms with Gasteiger partial charge in [-0.3, -0.25) is 4.79 Å². The van der Waals surface area contributed by atoms with Crippen LogP contribution in [0, 0.1) is 6.92 Å². The van der Waals surface area contributed by atoms with Gasteiger partial charge in [0.05, 0.1) is 6.61 Å². The Bertz CT molecular complexity index is 596. The van der Waals surface area contributed by atoms with Crippen molar-refractivity contribution in [3.8, 4) is 5.75 Å². The second-order valence-electron chi connectivity index (χ2n) is 3.99. The van der Waals surface area contributed by atoms with Crippen LogP contribution in [0.5, 0.6) is 5.75 Å². The van der Waals surface area contributed by atoms with E-state index in [0.717, 1.165) is 5.75 Å². The molecule has 0 unspecified atom stereocenters. The number of anilines is 1. The maximum atomic E-state index is 11.2. The maximum absolute atomic E-state index is 11.2. The molecule has 0 fully saturated rings. The molecule has 2 rings (SSSR count). The first kappa shape index (κ1) is 13.5. The number of nitrogen functional groups attached to an aromatic ring is 1. The number of aryl methyl sites for hydroxylation is 1. The minimum atomic E-state index is -0.241. The van der Waals surface area contributed by atoms with Crippen LogP contribution >= 0.6 is 11.8 Å². The summed E-state index contributed by atoms with van der Waals surface area (Å²) in [7, 11) is 0. The van der Waals surface area contributed by atoms with Gasteiger partial charge in [0.2, 0.25) is 0 Å². The summed E-state index contributed by atoms with van der Waals surface area (Å²) in [6.07, 6.45) is 0. The molecule has 0 amide bonds. The van der Waals surface area contributed by atoms with E-state index in [9.17, 15) is 4.79 Å². The minimum absolute atomic E-state index is 0.228. The average molecular weight is 277 g/mol. The number of benzene rings is 1. The summed E-state index contributed by atoms with van der Waals surface area (Å²) in [6, 6.07) is 9.12. The molecule has 5 nitrogen and oxygen atoms in total. The number of hydrogen-bond acceptors (Lipinski definition) is 5. The molecule has 0 bridgehead atoms. The van der Waals surface area contributed by atoms with Gasteiger partial charge >= 0.3 is 0 Å². The van der Waals surface area contributed by atoms with Crippen LogP contribution in [0.3, 0.4) is 0 Å². The van der Waals surface area contributed by atoms with E-state index in [2.05, 4.69) is 9.97 Å². The van der Waals surface area contributed by atoms with Gasteiger partial charge < -0.3 is 15.5 Å². The molecule has 0 aliphatic rings. The summed E-state index contributed by atoms with van der Waals surface area (Å²) in [6.45, 7) is 2.56. The number of nitrogens with two attached hydrogens (primary N) is 1. The second kappa shape index (κ2) is 6.29. The van der Waals surface area contributed by atoms with Gasteiger partial charge in [0.15, 0.2) is 5.16 Å². The van der Waals surface area contributed by atoms with Gasteiger partial charge in [-0.25, -0.2) is 4.98 Å². The lowest BCUT2D eigenvalue weighted by molar-refractivity contribution is 0.344. The van der Waals surface area contributed by atoms with Crippen molar-refractivity contribution in [3.63, 3.8) is 0 Å². The highest BCUT2D eigenvalue weighted by Gasteiger charge is 2.00. The largest absolute Gasteiger partial charge is 0.493 e. The van der Waals surface area contributed by atoms with Gasteiger partial charge in [0.25, 0.3) is 5.56 Å². The quantitative estimate of drug-likeness (QED) is 0.495. The van der Waals surface area contributed by atoms with Crippen molar-refractivity contribution in [2.24, 2.45) is 0 Å². The average Bonchev–Trinajstić information content (AvgIpc) is 2.36. The van der Waals surface area contributed by atoms with Crippen LogP contribution in [0.1, 0.15) is 5.56 Å². The van der Waals surface area contributed by atoms with Gasteiger partial charge in [-0.05, 0) is 19.1 Å². The minimum Gasteiger partial charge on any atom is -0.493 e. The fourth-order valence-corrected chi connectivity index (χ4v) is 2.16. The smallest absolute Gasteiger partial charge is 0.253 e. The second-order valence-corrected chi connectivity index (χ2v) is 5.07. The number of H-pyrrole nitrogens is 1. The normalized spacial score (nSPS) is 10.4. The predicted octanol–water partition coefficient (Wildman–Crippen LogP) is 1.83. The lowest BCUT2D eigenvalue weighted by Crippen LogP contribution is -2.10. The molecule has 1 aromatic carbocycles. The summed E-state index contributed by atoms with van der Waals surface area (Å²) in [5.41, 5.74) is 6.45. The molecule has 19 heavy (non-hydrogen) atoms. The van der Waals surface area contributed by atoms with E-state index < -0.39 is 0 Å². The summed E-state index contributed by atoms with van der Waals surface area (Å²) >= 11 is 1.40. The maximum Gasteiger partial charge on any atom is 0.253 e. The van der Waals surface area contributed by atoms with Gasteiger partial charge in [0, 0.05) is 11.8 Å². The predicted molar refractivity (Wildman–Crippen MR) is 76.7 cm³/mol. The van der Waals surface area contributed by atoms with E-state index >= 15 is 0 Å². The molecule has 1 aromatic heterocycles. The molecular formula is C13H15N3O2S. The number of nitrogens with zero attached hydrogens (tertiary/aromatic N) is 1. The Morgan fingerprint density at radius 2 is 2.11 bits per heavy atom. The third kappa shape index (κ3) is 4.33. The Morgan fingerprint density at radius 3 is 2.79 bits per heavy atom. The molecule has 1 heterocycles. The first-order valence-electron chi connectivity index (χ1n) is 5.82. The van der Waals surface area contributed by atoms with Crippen LogP contribution in [0.2, 0.25) is 0 Å². The van der Waals surface area contributed by atoms with Gasteiger partial charge in [-0.2, -0.15) is 0 Å². The molecule has 2 aromatic rings. The fourth-order valence-electron chi connectivity index (χ4n) is 1.45. The van der Waals surface area contributed by atoms with Crippen molar-refractivity contribution in [3.05, 3.63) is 46.2 Å². The number of ether oxygens (including phenoxy) is 1. The van der Waals surface area contributed by atoms with Gasteiger partial charge in [0.1, 0.15) is 11.6 Å². The molecule has 0 spiro atoms. The van der Waals surface area contributed by atoms with E-state index in [1.54, 1.807) is 0 Å². The topological polar surface area (TPSA) is 81.0 Å². The van der Waals surface area contributed by atoms with Crippen LogP contribution in [0.4, 0.5) is 5.82 Å². The van der Waals surface area contributed by atoms with E-state index in [1.165, 1.54) is 23.4 Å². The Hall–Kier alpha value is -1.95. The molecule has 3 N–H and O–H groups in total. The molecule has 0 radical (unpaired) electrons. The number of nitrogens with one attached hydrogen (secondary N) is 1. The lowest BCUT2D eigenvalue weighted by atomic mass is 10.2. The number of aromatic amines is 1. The third-order valence-corrected chi connectivity index (χ3v) is 3.19. The van der Waals surface area contributed by atoms with Crippen LogP contribution in [0.25, 0.3) is 0 Å². The van der Waals surface area contributed by atoms with Crippen molar-refractivity contribution in [2.75, 3.05) is 18.1 Å². The van der Waals surface area contributed by atoms with Crippen LogP contribution < -0.4 is 16.0 Å². The Balaban J connectivity index is 1.80. The van der Waals surface area contributed by atoms with Gasteiger partial charge in [-0.1, -0.05) is 29.5 Å². The summed E-state index contributed by atoms with van der Waals surface area (Å²) < 4.78 is 5.57. The molecule has 0 saturated heterocycles. The molecular weight excluding hydrogens is 262 g/mol. The number of aromatic nitrogens is 2. The number of rotatable bonds is 5. The molecule has 0 atom stereocenters. The standard InChI is InChI=1S/C13H15N3O2S/c1-9-2-4-10(5-3-9)18-6-7-19-13-15-11(14)8-12(17)16-13/h2-5,8H,6-7H2,1H3,(H3,14,15,16,17). The molecule has 100 valence electrons. The Labute approximate surface area is 115 Å². The van der Waals surface area contributed by atoms with Crippen molar-refractivity contribution >= 4 is 17.6 Å². The van der Waals surface area contributed by atoms with Crippen molar-refractivity contribution in [1.29, 1.82) is 0 Å². The highest BCUT2D eigenvalue weighted by atomic mass is 32.2. The molecule has 0 aliphatic carbocycles. The Kier molecular flexibility index (Phi) is 4.46. The van der Waals surface area contributed by atoms with E-state index in [-0.39, 0.29) is 11.4 Å². The van der Waals surface area contributed by atoms with E-state index in [4.69, 9.17) is 10.5 Å². The highest BCUT2D eigenvalue weighted by Crippen LogP contribution is 2.14. The van der Waals surface area contributed by atoms with Gasteiger partial charge in [-0.15, -0.1) is 0 Å². The monoisotopic (exact) mass is 277 g/mol. The SMILES string of the molecule is Cc1ccc(OCCSc2nc(N)cc(=O)[nH]2)cc1. The lowest BCUT2D eigenvalue weighted by Gasteiger charge is -2.06. The van der Waals surface area contributed by atoms with E-state index in [0.29, 0.717) is 17.5 Å². The molecule has 0 saturated carbocycles. The Morgan fingerprint density at radius 1 is 1.37 bits per heavy atom. The summed E-state index contributed by atoms with van der Waals surface area (Å²) in [4.78, 5) is 17.8. The van der Waals surface area contributed by atoms with E-state index in [1.807, 2.05) is 31.2 Å². The summed E-state index contributed by atoms with van der Waals surface area (Å²) in [5, 5.41) is 0.512. The van der Waals surface area contributed by atoms with Crippen LogP contribution in [-0.2, 0) is 0 Å². The highest BCUT2D eigenvalue weighted by molar-refractivity contribution is 7.99. The zero-order valence-corrected chi connectivity index (χ0v) is 11.4. The zero-order chi connectivity index (χ0) is 13.7. The fraction of sp³-hybridized carbons (Fsp3) is 0.231. The molecule has 0 aliphatic heterocycles. The van der Waals surface area contributed by atoms with Crippen LogP contribution in [0.15, 0.2) is 40.3 Å². The van der Waals surface area contributed by atoms with Crippen molar-refractivity contribution < 1.29 is 4.74 Å². The first-order chi connectivity index (χ1) is 9.13. The molecule has 6 heteroatoms. The first-order valence-corrected chi connectivity index (χ1v) is 6.81. The third-order valence-electron chi connectivity index (χ3n) is 2.35. The van der Waals surface area contributed by atoms with Crippen molar-refractivity contribution in [1.82, 2.24) is 9.97 Å². The number of hydrogen-bond donors (Lipinski definition) is 2. The van der Waals surface area contributed by atoms with Crippen LogP contribution in [-0.4, -0.2) is 22.3 Å². The number of thioether (sulfide) groups is 1. The van der Waals surface area contributed by atoms with Crippen molar-refractivity contribution in [2.45, 2.75) is 12.1 Å². The zero-order valence-electron chi connectivity index (χ0n) is 10.6.